The van der Waals surface area contributed by atoms with E-state index in [9.17, 15) is 4.79 Å². The van der Waals surface area contributed by atoms with Gasteiger partial charge >= 0.3 is 0 Å². The SMILES string of the molecule is Cc1occc1C(=O)N1CCc2ncnc(N3CCOCC3)c2CC1. The summed E-state index contributed by atoms with van der Waals surface area (Å²) in [6.07, 6.45) is 4.72. The van der Waals surface area contributed by atoms with E-state index in [1.54, 1.807) is 18.7 Å². The zero-order valence-electron chi connectivity index (χ0n) is 14.4. The van der Waals surface area contributed by atoms with Crippen LogP contribution in [-0.2, 0) is 17.6 Å². The van der Waals surface area contributed by atoms with Crippen LogP contribution < -0.4 is 4.90 Å². The van der Waals surface area contributed by atoms with E-state index in [2.05, 4.69) is 14.9 Å². The molecule has 132 valence electrons. The van der Waals surface area contributed by atoms with Gasteiger partial charge in [0.1, 0.15) is 17.9 Å². The maximum Gasteiger partial charge on any atom is 0.257 e. The third-order valence-electron chi connectivity index (χ3n) is 4.95. The van der Waals surface area contributed by atoms with E-state index >= 15 is 0 Å². The molecule has 1 saturated heterocycles. The number of nitrogens with zero attached hydrogens (tertiary/aromatic N) is 4. The molecule has 0 atom stereocenters. The van der Waals surface area contributed by atoms with Crippen LogP contribution in [0.25, 0.3) is 0 Å². The number of fused-ring (bicyclic) bond motifs is 1. The lowest BCUT2D eigenvalue weighted by atomic mass is 10.1. The van der Waals surface area contributed by atoms with Crippen molar-refractivity contribution in [3.63, 3.8) is 0 Å². The van der Waals surface area contributed by atoms with Gasteiger partial charge in [-0.25, -0.2) is 9.97 Å². The number of carbonyl (C=O) groups is 1. The number of furan rings is 1. The number of anilines is 1. The minimum absolute atomic E-state index is 0.0277. The van der Waals surface area contributed by atoms with Gasteiger partial charge in [0.2, 0.25) is 0 Å². The smallest absolute Gasteiger partial charge is 0.257 e. The number of carbonyl (C=O) groups excluding carboxylic acids is 1. The van der Waals surface area contributed by atoms with Crippen LogP contribution in [0.2, 0.25) is 0 Å². The molecular weight excluding hydrogens is 320 g/mol. The second kappa shape index (κ2) is 6.84. The second-order valence-electron chi connectivity index (χ2n) is 6.40. The minimum atomic E-state index is 0.0277. The summed E-state index contributed by atoms with van der Waals surface area (Å²) in [5, 5.41) is 0. The van der Waals surface area contributed by atoms with Crippen molar-refractivity contribution < 1.29 is 13.9 Å². The summed E-state index contributed by atoms with van der Waals surface area (Å²) >= 11 is 0. The van der Waals surface area contributed by atoms with E-state index in [1.165, 1.54) is 5.56 Å². The number of ether oxygens (including phenoxy) is 1. The highest BCUT2D eigenvalue weighted by Gasteiger charge is 2.26. The Hall–Kier alpha value is -2.41. The molecule has 0 aliphatic carbocycles. The van der Waals surface area contributed by atoms with Crippen molar-refractivity contribution in [2.45, 2.75) is 19.8 Å². The van der Waals surface area contributed by atoms with E-state index in [-0.39, 0.29) is 5.91 Å². The average Bonchev–Trinajstić information content (AvgIpc) is 2.96. The molecule has 1 fully saturated rings. The van der Waals surface area contributed by atoms with Crippen molar-refractivity contribution in [2.24, 2.45) is 0 Å². The molecule has 2 aliphatic rings. The Morgan fingerprint density at radius 3 is 2.68 bits per heavy atom. The predicted octanol–water partition coefficient (Wildman–Crippen LogP) is 1.46. The van der Waals surface area contributed by atoms with Crippen LogP contribution in [0.5, 0.6) is 0 Å². The Kier molecular flexibility index (Phi) is 4.40. The highest BCUT2D eigenvalue weighted by atomic mass is 16.5. The quantitative estimate of drug-likeness (QED) is 0.823. The number of morpholine rings is 1. The van der Waals surface area contributed by atoms with E-state index in [0.29, 0.717) is 24.4 Å². The fourth-order valence-corrected chi connectivity index (χ4v) is 3.54. The van der Waals surface area contributed by atoms with Gasteiger partial charge in [-0.3, -0.25) is 4.79 Å². The molecule has 7 heteroatoms. The van der Waals surface area contributed by atoms with Crippen LogP contribution in [0.15, 0.2) is 23.1 Å². The van der Waals surface area contributed by atoms with Gasteiger partial charge in [-0.1, -0.05) is 0 Å². The van der Waals surface area contributed by atoms with Crippen molar-refractivity contribution in [1.82, 2.24) is 14.9 Å². The van der Waals surface area contributed by atoms with Gasteiger partial charge in [0.05, 0.1) is 30.7 Å². The van der Waals surface area contributed by atoms with Crippen molar-refractivity contribution in [2.75, 3.05) is 44.3 Å². The number of rotatable bonds is 2. The van der Waals surface area contributed by atoms with Gasteiger partial charge in [0, 0.05) is 38.2 Å². The molecule has 0 aromatic carbocycles. The fraction of sp³-hybridized carbons (Fsp3) is 0.500. The molecule has 7 nitrogen and oxygen atoms in total. The molecule has 4 heterocycles. The first-order valence-corrected chi connectivity index (χ1v) is 8.73. The predicted molar refractivity (Wildman–Crippen MR) is 91.8 cm³/mol. The van der Waals surface area contributed by atoms with Crippen LogP contribution in [0, 0.1) is 6.92 Å². The van der Waals surface area contributed by atoms with Crippen LogP contribution in [0.4, 0.5) is 5.82 Å². The first-order chi connectivity index (χ1) is 12.2. The number of hydrogen-bond donors (Lipinski definition) is 0. The normalized spacial score (nSPS) is 18.0. The molecule has 1 amide bonds. The van der Waals surface area contributed by atoms with Gasteiger partial charge in [0.25, 0.3) is 5.91 Å². The van der Waals surface area contributed by atoms with Crippen molar-refractivity contribution >= 4 is 11.7 Å². The first-order valence-electron chi connectivity index (χ1n) is 8.73. The summed E-state index contributed by atoms with van der Waals surface area (Å²) in [6.45, 7) is 6.30. The maximum absolute atomic E-state index is 12.8. The summed E-state index contributed by atoms with van der Waals surface area (Å²) in [4.78, 5) is 25.9. The van der Waals surface area contributed by atoms with Crippen molar-refractivity contribution in [3.8, 4) is 0 Å². The van der Waals surface area contributed by atoms with Gasteiger partial charge in [-0.05, 0) is 19.4 Å². The van der Waals surface area contributed by atoms with Crippen LogP contribution in [0.3, 0.4) is 0 Å². The topological polar surface area (TPSA) is 71.7 Å². The highest BCUT2D eigenvalue weighted by molar-refractivity contribution is 5.95. The van der Waals surface area contributed by atoms with Gasteiger partial charge in [-0.2, -0.15) is 0 Å². The summed E-state index contributed by atoms with van der Waals surface area (Å²) in [6, 6.07) is 1.74. The molecule has 0 saturated carbocycles. The third kappa shape index (κ3) is 3.11. The lowest BCUT2D eigenvalue weighted by Crippen LogP contribution is -2.37. The molecule has 4 rings (SSSR count). The number of amides is 1. The Bertz CT molecular complexity index is 767. The highest BCUT2D eigenvalue weighted by Crippen LogP contribution is 2.25. The number of aryl methyl sites for hydroxylation is 1. The second-order valence-corrected chi connectivity index (χ2v) is 6.40. The van der Waals surface area contributed by atoms with Gasteiger partial charge in [0.15, 0.2) is 0 Å². The molecule has 0 unspecified atom stereocenters. The van der Waals surface area contributed by atoms with E-state index < -0.39 is 0 Å². The molecule has 2 aliphatic heterocycles. The molecule has 2 aromatic heterocycles. The van der Waals surface area contributed by atoms with Crippen LogP contribution in [-0.4, -0.2) is 60.2 Å². The van der Waals surface area contributed by atoms with E-state index in [0.717, 1.165) is 50.7 Å². The Morgan fingerprint density at radius 2 is 1.92 bits per heavy atom. The molecule has 2 aromatic rings. The summed E-state index contributed by atoms with van der Waals surface area (Å²) in [5.41, 5.74) is 2.87. The molecule has 0 bridgehead atoms. The standard InChI is InChI=1S/C18H22N4O3/c1-13-14(4-9-25-13)18(23)22-5-2-15-16(3-6-22)19-12-20-17(15)21-7-10-24-11-8-21/h4,9,12H,2-3,5-8,10-11H2,1H3. The lowest BCUT2D eigenvalue weighted by molar-refractivity contribution is 0.0761. The zero-order valence-corrected chi connectivity index (χ0v) is 14.4. The number of aromatic nitrogens is 2. The van der Waals surface area contributed by atoms with Crippen molar-refractivity contribution in [1.29, 1.82) is 0 Å². The largest absolute Gasteiger partial charge is 0.469 e. The van der Waals surface area contributed by atoms with Crippen molar-refractivity contribution in [3.05, 3.63) is 41.2 Å². The maximum atomic E-state index is 12.8. The monoisotopic (exact) mass is 342 g/mol. The average molecular weight is 342 g/mol. The molecule has 0 spiro atoms. The lowest BCUT2D eigenvalue weighted by Gasteiger charge is -2.29. The Balaban J connectivity index is 1.55. The molecule has 0 N–H and O–H groups in total. The first kappa shape index (κ1) is 16.1. The van der Waals surface area contributed by atoms with Crippen LogP contribution in [0.1, 0.15) is 27.4 Å². The zero-order chi connectivity index (χ0) is 17.2. The molecule has 25 heavy (non-hydrogen) atoms. The molecule has 0 radical (unpaired) electrons. The Morgan fingerprint density at radius 1 is 1.12 bits per heavy atom. The van der Waals surface area contributed by atoms with Crippen LogP contribution >= 0.6 is 0 Å². The number of hydrogen-bond acceptors (Lipinski definition) is 6. The van der Waals surface area contributed by atoms with Gasteiger partial charge in [-0.15, -0.1) is 0 Å². The fourth-order valence-electron chi connectivity index (χ4n) is 3.54. The summed E-state index contributed by atoms with van der Waals surface area (Å²) in [5.74, 6) is 1.70. The summed E-state index contributed by atoms with van der Waals surface area (Å²) in [7, 11) is 0. The summed E-state index contributed by atoms with van der Waals surface area (Å²) < 4.78 is 10.7. The molecular formula is C18H22N4O3. The van der Waals surface area contributed by atoms with Gasteiger partial charge < -0.3 is 19.0 Å². The van der Waals surface area contributed by atoms with E-state index in [4.69, 9.17) is 9.15 Å². The minimum Gasteiger partial charge on any atom is -0.469 e. The van der Waals surface area contributed by atoms with E-state index in [1.807, 2.05) is 11.8 Å². The third-order valence-corrected chi connectivity index (χ3v) is 4.95. The Labute approximate surface area is 146 Å².